The molecule has 0 saturated heterocycles. The SMILES string of the molecule is [B]c1cc2cnc(NC)nc2cc1C. The summed E-state index contributed by atoms with van der Waals surface area (Å²) in [4.78, 5) is 8.44. The van der Waals surface area contributed by atoms with Crippen LogP contribution in [0.25, 0.3) is 10.9 Å². The number of aryl methyl sites for hydroxylation is 1. The molecule has 1 heterocycles. The molecule has 14 heavy (non-hydrogen) atoms. The number of hydrogen-bond acceptors (Lipinski definition) is 3. The number of aromatic nitrogens is 2. The average molecular weight is 183 g/mol. The van der Waals surface area contributed by atoms with Crippen LogP contribution in [0.15, 0.2) is 18.3 Å². The Bertz CT molecular complexity index is 482. The minimum absolute atomic E-state index is 0.627. The van der Waals surface area contributed by atoms with Crippen molar-refractivity contribution in [2.75, 3.05) is 12.4 Å². The smallest absolute Gasteiger partial charge is 0.222 e. The molecule has 0 aliphatic heterocycles. The Labute approximate surface area is 84.0 Å². The van der Waals surface area contributed by atoms with Crippen molar-refractivity contribution in [2.45, 2.75) is 6.92 Å². The van der Waals surface area contributed by atoms with E-state index in [4.69, 9.17) is 7.85 Å². The summed E-state index contributed by atoms with van der Waals surface area (Å²) in [6.45, 7) is 1.97. The normalized spacial score (nSPS) is 10.4. The molecule has 2 aromatic rings. The molecule has 68 valence electrons. The van der Waals surface area contributed by atoms with Crippen LogP contribution in [0.2, 0.25) is 0 Å². The highest BCUT2D eigenvalue weighted by Crippen LogP contribution is 2.12. The molecule has 0 aliphatic rings. The topological polar surface area (TPSA) is 37.8 Å². The third-order valence-corrected chi connectivity index (χ3v) is 2.19. The zero-order valence-electron chi connectivity index (χ0n) is 8.20. The fraction of sp³-hybridized carbons (Fsp3) is 0.200. The van der Waals surface area contributed by atoms with Crippen molar-refractivity contribution in [3.8, 4) is 0 Å². The Hall–Kier alpha value is -1.58. The van der Waals surface area contributed by atoms with Crippen LogP contribution in [-0.4, -0.2) is 24.9 Å². The van der Waals surface area contributed by atoms with Gasteiger partial charge in [0.25, 0.3) is 0 Å². The summed E-state index contributed by atoms with van der Waals surface area (Å²) in [6, 6.07) is 3.86. The van der Waals surface area contributed by atoms with Crippen LogP contribution in [0, 0.1) is 6.92 Å². The Kier molecular flexibility index (Phi) is 2.12. The van der Waals surface area contributed by atoms with Gasteiger partial charge in [-0.1, -0.05) is 17.1 Å². The molecule has 1 aromatic carbocycles. The lowest BCUT2D eigenvalue weighted by atomic mass is 9.90. The van der Waals surface area contributed by atoms with Gasteiger partial charge in [-0.05, 0) is 13.0 Å². The molecule has 0 atom stereocenters. The van der Waals surface area contributed by atoms with Crippen LogP contribution in [0.3, 0.4) is 0 Å². The molecule has 4 heteroatoms. The van der Waals surface area contributed by atoms with Gasteiger partial charge in [0.05, 0.1) is 5.52 Å². The van der Waals surface area contributed by atoms with E-state index < -0.39 is 0 Å². The summed E-state index contributed by atoms with van der Waals surface area (Å²) < 4.78 is 0. The maximum absolute atomic E-state index is 5.79. The summed E-state index contributed by atoms with van der Waals surface area (Å²) in [5.41, 5.74) is 2.73. The van der Waals surface area contributed by atoms with E-state index in [0.29, 0.717) is 5.95 Å². The molecule has 1 N–H and O–H groups in total. The molecule has 3 nitrogen and oxygen atoms in total. The fourth-order valence-corrected chi connectivity index (χ4v) is 1.32. The first-order valence-electron chi connectivity index (χ1n) is 4.41. The Balaban J connectivity index is 2.70. The standard InChI is InChI=1S/C10H10BN3/c1-6-3-9-7(4-8(6)11)5-13-10(12-2)14-9/h3-5H,1-2H3,(H,12,13,14). The van der Waals surface area contributed by atoms with E-state index in [-0.39, 0.29) is 0 Å². The predicted octanol–water partition coefficient (Wildman–Crippen LogP) is 0.774. The lowest BCUT2D eigenvalue weighted by molar-refractivity contribution is 1.19. The van der Waals surface area contributed by atoms with Gasteiger partial charge in [0.1, 0.15) is 7.85 Å². The number of hydrogen-bond donors (Lipinski definition) is 1. The summed E-state index contributed by atoms with van der Waals surface area (Å²) in [6.07, 6.45) is 1.77. The van der Waals surface area contributed by atoms with Crippen molar-refractivity contribution in [1.82, 2.24) is 9.97 Å². The molecule has 0 bridgehead atoms. The molecule has 0 unspecified atom stereocenters. The second-order valence-corrected chi connectivity index (χ2v) is 3.21. The minimum atomic E-state index is 0.627. The van der Waals surface area contributed by atoms with E-state index >= 15 is 0 Å². The molecule has 0 spiro atoms. The van der Waals surface area contributed by atoms with E-state index in [2.05, 4.69) is 15.3 Å². The number of rotatable bonds is 1. The molecule has 2 radical (unpaired) electrons. The van der Waals surface area contributed by atoms with Crippen molar-refractivity contribution in [3.63, 3.8) is 0 Å². The molecule has 1 aromatic heterocycles. The lowest BCUT2D eigenvalue weighted by Gasteiger charge is -2.04. The van der Waals surface area contributed by atoms with E-state index in [1.165, 1.54) is 0 Å². The molecular formula is C10H10BN3. The van der Waals surface area contributed by atoms with Crippen LogP contribution in [0.4, 0.5) is 5.95 Å². The second-order valence-electron chi connectivity index (χ2n) is 3.21. The summed E-state index contributed by atoms with van der Waals surface area (Å²) >= 11 is 0. The third kappa shape index (κ3) is 1.43. The average Bonchev–Trinajstić information content (AvgIpc) is 2.19. The van der Waals surface area contributed by atoms with E-state index in [1.54, 1.807) is 13.2 Å². The van der Waals surface area contributed by atoms with Crippen molar-refractivity contribution >= 4 is 30.2 Å². The molecule has 2 rings (SSSR count). The Morgan fingerprint density at radius 2 is 2.14 bits per heavy atom. The minimum Gasteiger partial charge on any atom is -0.357 e. The quantitative estimate of drug-likeness (QED) is 0.663. The van der Waals surface area contributed by atoms with Crippen LogP contribution in [0.5, 0.6) is 0 Å². The predicted molar refractivity (Wildman–Crippen MR) is 59.2 cm³/mol. The van der Waals surface area contributed by atoms with Gasteiger partial charge in [-0.2, -0.15) is 0 Å². The fourth-order valence-electron chi connectivity index (χ4n) is 1.32. The number of nitrogens with zero attached hydrogens (tertiary/aromatic N) is 2. The van der Waals surface area contributed by atoms with E-state index in [1.807, 2.05) is 19.1 Å². The first-order chi connectivity index (χ1) is 6.70. The Morgan fingerprint density at radius 1 is 1.36 bits per heavy atom. The van der Waals surface area contributed by atoms with Crippen molar-refractivity contribution in [2.24, 2.45) is 0 Å². The highest BCUT2D eigenvalue weighted by Gasteiger charge is 2.00. The lowest BCUT2D eigenvalue weighted by Crippen LogP contribution is -2.07. The summed E-state index contributed by atoms with van der Waals surface area (Å²) in [5, 5.41) is 3.86. The van der Waals surface area contributed by atoms with Crippen molar-refractivity contribution in [3.05, 3.63) is 23.9 Å². The van der Waals surface area contributed by atoms with Gasteiger partial charge in [-0.3, -0.25) is 0 Å². The highest BCUT2D eigenvalue weighted by molar-refractivity contribution is 6.34. The van der Waals surface area contributed by atoms with E-state index in [9.17, 15) is 0 Å². The van der Waals surface area contributed by atoms with Gasteiger partial charge >= 0.3 is 0 Å². The van der Waals surface area contributed by atoms with Gasteiger partial charge in [0, 0.05) is 18.6 Å². The second kappa shape index (κ2) is 3.29. The van der Waals surface area contributed by atoms with Crippen molar-refractivity contribution < 1.29 is 0 Å². The Morgan fingerprint density at radius 3 is 2.86 bits per heavy atom. The number of fused-ring (bicyclic) bond motifs is 1. The molecular weight excluding hydrogens is 173 g/mol. The van der Waals surface area contributed by atoms with Crippen LogP contribution >= 0.6 is 0 Å². The summed E-state index contributed by atoms with van der Waals surface area (Å²) in [7, 11) is 7.58. The van der Waals surface area contributed by atoms with Crippen LogP contribution in [0.1, 0.15) is 5.56 Å². The van der Waals surface area contributed by atoms with Crippen LogP contribution in [-0.2, 0) is 0 Å². The molecule has 0 aliphatic carbocycles. The largest absolute Gasteiger partial charge is 0.357 e. The monoisotopic (exact) mass is 183 g/mol. The summed E-state index contributed by atoms with van der Waals surface area (Å²) in [5.74, 6) is 0.627. The molecule has 0 amide bonds. The first-order valence-corrected chi connectivity index (χ1v) is 4.41. The maximum atomic E-state index is 5.79. The van der Waals surface area contributed by atoms with Gasteiger partial charge in [-0.25, -0.2) is 9.97 Å². The zero-order chi connectivity index (χ0) is 10.1. The van der Waals surface area contributed by atoms with E-state index in [0.717, 1.165) is 21.9 Å². The number of nitrogens with one attached hydrogen (secondary N) is 1. The van der Waals surface area contributed by atoms with Gasteiger partial charge in [-0.15, -0.1) is 0 Å². The van der Waals surface area contributed by atoms with Crippen LogP contribution < -0.4 is 10.8 Å². The third-order valence-electron chi connectivity index (χ3n) is 2.19. The highest BCUT2D eigenvalue weighted by atomic mass is 15.1. The maximum Gasteiger partial charge on any atom is 0.222 e. The number of benzene rings is 1. The number of anilines is 1. The molecule has 0 saturated carbocycles. The first kappa shape index (κ1) is 9.00. The van der Waals surface area contributed by atoms with Gasteiger partial charge in [0.2, 0.25) is 5.95 Å². The zero-order valence-corrected chi connectivity index (χ0v) is 8.20. The van der Waals surface area contributed by atoms with Crippen molar-refractivity contribution in [1.29, 1.82) is 0 Å². The molecule has 0 fully saturated rings. The van der Waals surface area contributed by atoms with Gasteiger partial charge in [0.15, 0.2) is 0 Å². The van der Waals surface area contributed by atoms with Gasteiger partial charge < -0.3 is 5.32 Å².